The fourth-order valence-electron chi connectivity index (χ4n) is 1.23. The minimum atomic E-state index is -1.52. The van der Waals surface area contributed by atoms with Crippen molar-refractivity contribution in [3.63, 3.8) is 0 Å². The lowest BCUT2D eigenvalue weighted by Crippen LogP contribution is -2.42. The first-order chi connectivity index (χ1) is 8.81. The van der Waals surface area contributed by atoms with E-state index in [2.05, 4.69) is 20.5 Å². The molecule has 19 heavy (non-hydrogen) atoms. The van der Waals surface area contributed by atoms with Crippen molar-refractivity contribution in [1.29, 1.82) is 0 Å². The molecule has 1 rings (SSSR count). The Bertz CT molecular complexity index is 496. The number of aliphatic carboxylic acids is 2. The monoisotopic (exact) mass is 270 g/mol. The molecule has 1 aromatic rings. The summed E-state index contributed by atoms with van der Waals surface area (Å²) in [5.74, 6) is -3.31. The summed E-state index contributed by atoms with van der Waals surface area (Å²) in [5.41, 5.74) is 0. The van der Waals surface area contributed by atoms with Crippen LogP contribution in [0.25, 0.3) is 0 Å². The topological polar surface area (TPSA) is 145 Å². The lowest BCUT2D eigenvalue weighted by atomic mass is 10.2. The molecule has 0 aliphatic rings. The van der Waals surface area contributed by atoms with Gasteiger partial charge < -0.3 is 15.5 Å². The van der Waals surface area contributed by atoms with Crippen LogP contribution in [-0.4, -0.2) is 49.3 Å². The minimum absolute atomic E-state index is 0.0309. The van der Waals surface area contributed by atoms with Crippen LogP contribution >= 0.6 is 0 Å². The van der Waals surface area contributed by atoms with Crippen LogP contribution in [0.2, 0.25) is 0 Å². The molecule has 0 saturated heterocycles. The van der Waals surface area contributed by atoms with E-state index in [-0.39, 0.29) is 11.7 Å². The molecular weight excluding hydrogens is 256 g/mol. The summed E-state index contributed by atoms with van der Waals surface area (Å²) in [6.07, 6.45) is -0.720. The maximum absolute atomic E-state index is 11.7. The Labute approximate surface area is 108 Å². The molecular formula is C10H14N4O5. The van der Waals surface area contributed by atoms with Crippen molar-refractivity contribution in [2.24, 2.45) is 0 Å². The van der Waals surface area contributed by atoms with Crippen molar-refractivity contribution in [3.05, 3.63) is 11.6 Å². The van der Waals surface area contributed by atoms with E-state index in [0.29, 0.717) is 5.82 Å². The average Bonchev–Trinajstić information content (AvgIpc) is 2.76. The number of rotatable bonds is 6. The van der Waals surface area contributed by atoms with Crippen molar-refractivity contribution in [2.45, 2.75) is 32.2 Å². The summed E-state index contributed by atoms with van der Waals surface area (Å²) in [5, 5.41) is 25.6. The number of hydrogen-bond donors (Lipinski definition) is 4. The van der Waals surface area contributed by atoms with E-state index in [0.717, 1.165) is 0 Å². The van der Waals surface area contributed by atoms with Crippen molar-refractivity contribution in [1.82, 2.24) is 20.5 Å². The molecule has 1 amide bonds. The number of carboxylic acids is 2. The lowest BCUT2D eigenvalue weighted by molar-refractivity contribution is -0.145. The van der Waals surface area contributed by atoms with Crippen molar-refractivity contribution in [2.75, 3.05) is 0 Å². The van der Waals surface area contributed by atoms with E-state index < -0.39 is 30.3 Å². The number of aromatic amines is 1. The first-order valence-corrected chi connectivity index (χ1v) is 5.49. The van der Waals surface area contributed by atoms with Crippen LogP contribution in [-0.2, 0) is 9.59 Å². The molecule has 9 nitrogen and oxygen atoms in total. The maximum Gasteiger partial charge on any atom is 0.326 e. The van der Waals surface area contributed by atoms with Gasteiger partial charge in [-0.1, -0.05) is 13.8 Å². The number of amides is 1. The van der Waals surface area contributed by atoms with Crippen LogP contribution in [0.1, 0.15) is 42.6 Å². The second kappa shape index (κ2) is 5.94. The van der Waals surface area contributed by atoms with Gasteiger partial charge in [0.15, 0.2) is 0 Å². The highest BCUT2D eigenvalue weighted by molar-refractivity contribution is 5.94. The van der Waals surface area contributed by atoms with Gasteiger partial charge in [-0.3, -0.25) is 14.7 Å². The molecule has 0 unspecified atom stereocenters. The Kier molecular flexibility index (Phi) is 4.56. The zero-order valence-corrected chi connectivity index (χ0v) is 10.4. The molecule has 104 valence electrons. The van der Waals surface area contributed by atoms with Gasteiger partial charge in [-0.15, -0.1) is 5.10 Å². The predicted molar refractivity (Wildman–Crippen MR) is 61.6 cm³/mol. The molecule has 0 spiro atoms. The smallest absolute Gasteiger partial charge is 0.326 e. The lowest BCUT2D eigenvalue weighted by Gasteiger charge is -2.10. The highest BCUT2D eigenvalue weighted by atomic mass is 16.4. The first kappa shape index (κ1) is 14.6. The standard InChI is InChI=1S/C10H14N4O5/c1-4(2)7-12-8(14-13-7)9(17)11-5(10(18)19)3-6(15)16/h4-5H,3H2,1-2H3,(H,11,17)(H,15,16)(H,18,19)(H,12,13,14)/t5-/m1/s1. The van der Waals surface area contributed by atoms with Crippen LogP contribution in [0, 0.1) is 0 Å². The SMILES string of the molecule is CC(C)c1nc(C(=O)N[C@H](CC(=O)O)C(=O)O)n[nH]1. The molecule has 1 aromatic heterocycles. The molecule has 4 N–H and O–H groups in total. The summed E-state index contributed by atoms with van der Waals surface area (Å²) in [4.78, 5) is 36.8. The van der Waals surface area contributed by atoms with Gasteiger partial charge in [0.25, 0.3) is 5.91 Å². The predicted octanol–water partition coefficient (Wildman–Crippen LogP) is -0.414. The highest BCUT2D eigenvalue weighted by Crippen LogP contribution is 2.07. The Morgan fingerprint density at radius 1 is 1.32 bits per heavy atom. The maximum atomic E-state index is 11.7. The second-order valence-corrected chi connectivity index (χ2v) is 4.16. The second-order valence-electron chi connectivity index (χ2n) is 4.16. The quantitative estimate of drug-likeness (QED) is 0.549. The number of nitrogens with zero attached hydrogens (tertiary/aromatic N) is 2. The molecule has 0 aromatic carbocycles. The van der Waals surface area contributed by atoms with Gasteiger partial charge in [0, 0.05) is 5.92 Å². The van der Waals surface area contributed by atoms with E-state index in [9.17, 15) is 14.4 Å². The molecule has 0 fully saturated rings. The van der Waals surface area contributed by atoms with Gasteiger partial charge >= 0.3 is 11.9 Å². The van der Waals surface area contributed by atoms with E-state index in [4.69, 9.17) is 10.2 Å². The van der Waals surface area contributed by atoms with Crippen molar-refractivity contribution in [3.8, 4) is 0 Å². The highest BCUT2D eigenvalue weighted by Gasteiger charge is 2.25. The van der Waals surface area contributed by atoms with Crippen LogP contribution in [0.15, 0.2) is 0 Å². The number of H-pyrrole nitrogens is 1. The van der Waals surface area contributed by atoms with Crippen LogP contribution in [0.5, 0.6) is 0 Å². The third kappa shape index (κ3) is 4.05. The van der Waals surface area contributed by atoms with Gasteiger partial charge in [-0.2, -0.15) is 0 Å². The number of aromatic nitrogens is 3. The van der Waals surface area contributed by atoms with E-state index in [1.165, 1.54) is 0 Å². The van der Waals surface area contributed by atoms with Crippen molar-refractivity contribution >= 4 is 17.8 Å². The van der Waals surface area contributed by atoms with Gasteiger partial charge in [0.1, 0.15) is 11.9 Å². The number of carboxylic acid groups (broad SMARTS) is 2. The molecule has 1 heterocycles. The normalized spacial score (nSPS) is 12.2. The van der Waals surface area contributed by atoms with Gasteiger partial charge in [-0.25, -0.2) is 9.78 Å². The fourth-order valence-corrected chi connectivity index (χ4v) is 1.23. The molecule has 0 radical (unpaired) electrons. The van der Waals surface area contributed by atoms with Gasteiger partial charge in [0.2, 0.25) is 5.82 Å². The zero-order chi connectivity index (χ0) is 14.6. The Morgan fingerprint density at radius 3 is 2.37 bits per heavy atom. The van der Waals surface area contributed by atoms with Gasteiger partial charge in [0.05, 0.1) is 6.42 Å². The summed E-state index contributed by atoms with van der Waals surface area (Å²) < 4.78 is 0. The molecule has 0 saturated carbocycles. The molecule has 9 heteroatoms. The van der Waals surface area contributed by atoms with Crippen molar-refractivity contribution < 1.29 is 24.6 Å². The van der Waals surface area contributed by atoms with E-state index >= 15 is 0 Å². The average molecular weight is 270 g/mol. The third-order valence-electron chi connectivity index (χ3n) is 2.23. The number of nitrogens with one attached hydrogen (secondary N) is 2. The Hall–Kier alpha value is -2.45. The van der Waals surface area contributed by atoms with Crippen LogP contribution < -0.4 is 5.32 Å². The molecule has 0 bridgehead atoms. The summed E-state index contributed by atoms with van der Waals surface area (Å²) in [7, 11) is 0. The Balaban J connectivity index is 2.75. The molecule has 1 atom stereocenters. The molecule has 0 aliphatic carbocycles. The Morgan fingerprint density at radius 2 is 1.95 bits per heavy atom. The summed E-state index contributed by atoms with van der Waals surface area (Å²) >= 11 is 0. The van der Waals surface area contributed by atoms with E-state index in [1.54, 1.807) is 0 Å². The van der Waals surface area contributed by atoms with Gasteiger partial charge in [-0.05, 0) is 0 Å². The first-order valence-electron chi connectivity index (χ1n) is 5.49. The largest absolute Gasteiger partial charge is 0.481 e. The van der Waals surface area contributed by atoms with Crippen LogP contribution in [0.3, 0.4) is 0 Å². The number of hydrogen-bond acceptors (Lipinski definition) is 5. The third-order valence-corrected chi connectivity index (χ3v) is 2.23. The molecule has 0 aliphatic heterocycles. The minimum Gasteiger partial charge on any atom is -0.481 e. The zero-order valence-electron chi connectivity index (χ0n) is 10.4. The number of carbonyl (C=O) groups is 3. The number of carbonyl (C=O) groups excluding carboxylic acids is 1. The fraction of sp³-hybridized carbons (Fsp3) is 0.500. The summed E-state index contributed by atoms with van der Waals surface area (Å²) in [6, 6.07) is -1.52. The van der Waals surface area contributed by atoms with E-state index in [1.807, 2.05) is 13.8 Å². The summed E-state index contributed by atoms with van der Waals surface area (Å²) in [6.45, 7) is 3.68. The van der Waals surface area contributed by atoms with Crippen LogP contribution in [0.4, 0.5) is 0 Å².